The van der Waals surface area contributed by atoms with Gasteiger partial charge in [0.05, 0.1) is 36.6 Å². The molecule has 0 saturated carbocycles. The van der Waals surface area contributed by atoms with E-state index >= 15 is 0 Å². The Kier molecular flexibility index (Phi) is 6.80. The van der Waals surface area contributed by atoms with Crippen LogP contribution < -0.4 is 9.47 Å². The van der Waals surface area contributed by atoms with Crippen LogP contribution in [0.25, 0.3) is 5.82 Å². The number of amides is 1. The van der Waals surface area contributed by atoms with Crippen molar-refractivity contribution < 1.29 is 22.7 Å². The molecule has 11 nitrogen and oxygen atoms in total. The molecule has 0 aliphatic carbocycles. The number of carbonyl (C=O) groups is 1. The maximum absolute atomic E-state index is 13.3. The third-order valence-electron chi connectivity index (χ3n) is 5.71. The van der Waals surface area contributed by atoms with Gasteiger partial charge in [-0.05, 0) is 36.8 Å². The van der Waals surface area contributed by atoms with Crippen LogP contribution in [-0.4, -0.2) is 83.9 Å². The predicted octanol–water partition coefficient (Wildman–Crippen LogP) is 1.39. The number of benzene rings is 1. The van der Waals surface area contributed by atoms with Crippen LogP contribution in [0.3, 0.4) is 0 Å². The summed E-state index contributed by atoms with van der Waals surface area (Å²) in [6.45, 7) is 2.91. The molecule has 0 radical (unpaired) electrons. The second-order valence-corrected chi connectivity index (χ2v) is 9.51. The quantitative estimate of drug-likeness (QED) is 0.491. The molecule has 1 aliphatic heterocycles. The molecule has 4 rings (SSSR count). The smallest absolute Gasteiger partial charge is 0.257 e. The second-order valence-electron chi connectivity index (χ2n) is 7.58. The topological polar surface area (TPSA) is 120 Å². The molecule has 0 spiro atoms. The molecule has 1 aliphatic rings. The molecular formula is C22H26N6O5S. The number of methoxy groups -OCH3 is 2. The van der Waals surface area contributed by atoms with Crippen LogP contribution in [0.4, 0.5) is 0 Å². The summed E-state index contributed by atoms with van der Waals surface area (Å²) < 4.78 is 39.1. The lowest BCUT2D eigenvalue weighted by molar-refractivity contribution is 0.0696. The minimum Gasteiger partial charge on any atom is -0.497 e. The summed E-state index contributed by atoms with van der Waals surface area (Å²) in [6, 6.07) is 9.67. The maximum atomic E-state index is 13.3. The molecule has 180 valence electrons. The first kappa shape index (κ1) is 23.6. The van der Waals surface area contributed by atoms with Gasteiger partial charge in [-0.25, -0.2) is 13.1 Å². The number of ether oxygens (including phenoxy) is 2. The fourth-order valence-electron chi connectivity index (χ4n) is 3.82. The van der Waals surface area contributed by atoms with Crippen molar-refractivity contribution in [3.05, 3.63) is 53.9 Å². The molecule has 12 heteroatoms. The van der Waals surface area contributed by atoms with Crippen molar-refractivity contribution in [2.45, 2.75) is 18.2 Å². The molecule has 1 saturated heterocycles. The number of hydrogen-bond acceptors (Lipinski definition) is 8. The maximum Gasteiger partial charge on any atom is 0.257 e. The standard InChI is InChI=1S/C22H26N6O5S/c1-4-19-18(15-23-28(19)20-9-10-21(33-3)25-24-20)22(29)26-11-13-27(14-12-26)34(30,31)17-7-5-16(32-2)6-8-17/h5-10,15H,4,11-14H2,1-3H3. The van der Waals surface area contributed by atoms with E-state index in [0.717, 1.165) is 0 Å². The van der Waals surface area contributed by atoms with Crippen LogP contribution in [0.2, 0.25) is 0 Å². The molecule has 1 fully saturated rings. The van der Waals surface area contributed by atoms with E-state index in [1.807, 2.05) is 6.92 Å². The molecule has 1 aromatic carbocycles. The Morgan fingerprint density at radius 3 is 2.24 bits per heavy atom. The van der Waals surface area contributed by atoms with Gasteiger partial charge in [0.25, 0.3) is 5.91 Å². The van der Waals surface area contributed by atoms with Crippen molar-refractivity contribution in [1.82, 2.24) is 29.2 Å². The molecule has 0 atom stereocenters. The fourth-order valence-corrected chi connectivity index (χ4v) is 5.25. The molecule has 1 amide bonds. The number of hydrogen-bond donors (Lipinski definition) is 0. The second kappa shape index (κ2) is 9.77. The minimum atomic E-state index is -3.65. The normalized spacial score (nSPS) is 14.7. The Morgan fingerprint density at radius 2 is 1.68 bits per heavy atom. The van der Waals surface area contributed by atoms with E-state index in [9.17, 15) is 13.2 Å². The average molecular weight is 487 g/mol. The lowest BCUT2D eigenvalue weighted by Crippen LogP contribution is -2.50. The SMILES string of the molecule is CCc1c(C(=O)N2CCN(S(=O)(=O)c3ccc(OC)cc3)CC2)cnn1-c1ccc(OC)nn1. The van der Waals surface area contributed by atoms with Crippen LogP contribution in [0, 0.1) is 0 Å². The van der Waals surface area contributed by atoms with Gasteiger partial charge < -0.3 is 14.4 Å². The molecule has 2 aromatic heterocycles. The largest absolute Gasteiger partial charge is 0.497 e. The van der Waals surface area contributed by atoms with E-state index in [1.54, 1.807) is 33.8 Å². The first-order valence-electron chi connectivity index (χ1n) is 10.8. The van der Waals surface area contributed by atoms with Crippen molar-refractivity contribution >= 4 is 15.9 Å². The van der Waals surface area contributed by atoms with Crippen LogP contribution in [0.15, 0.2) is 47.5 Å². The van der Waals surface area contributed by atoms with E-state index in [2.05, 4.69) is 15.3 Å². The van der Waals surface area contributed by atoms with Crippen molar-refractivity contribution in [1.29, 1.82) is 0 Å². The van der Waals surface area contributed by atoms with Crippen molar-refractivity contribution in [2.75, 3.05) is 40.4 Å². The summed E-state index contributed by atoms with van der Waals surface area (Å²) in [4.78, 5) is 15.1. The van der Waals surface area contributed by atoms with Crippen LogP contribution >= 0.6 is 0 Å². The number of carbonyl (C=O) groups excluding carboxylic acids is 1. The zero-order valence-electron chi connectivity index (χ0n) is 19.2. The summed E-state index contributed by atoms with van der Waals surface area (Å²) in [7, 11) is -0.620. The highest BCUT2D eigenvalue weighted by Crippen LogP contribution is 2.22. The monoisotopic (exact) mass is 486 g/mol. The Hall–Kier alpha value is -3.51. The summed E-state index contributed by atoms with van der Waals surface area (Å²) in [5.74, 6) is 1.26. The zero-order valence-corrected chi connectivity index (χ0v) is 20.0. The molecule has 3 aromatic rings. The van der Waals surface area contributed by atoms with E-state index in [4.69, 9.17) is 9.47 Å². The van der Waals surface area contributed by atoms with Gasteiger partial charge in [-0.3, -0.25) is 4.79 Å². The summed E-state index contributed by atoms with van der Waals surface area (Å²) in [6.07, 6.45) is 2.08. The van der Waals surface area contributed by atoms with Gasteiger partial charge in [-0.1, -0.05) is 6.92 Å². The molecule has 34 heavy (non-hydrogen) atoms. The Labute approximate surface area is 198 Å². The number of sulfonamides is 1. The number of aromatic nitrogens is 4. The van der Waals surface area contributed by atoms with Crippen LogP contribution in [-0.2, 0) is 16.4 Å². The molecule has 0 unspecified atom stereocenters. The van der Waals surface area contributed by atoms with Gasteiger partial charge in [-0.15, -0.1) is 10.2 Å². The minimum absolute atomic E-state index is 0.189. The van der Waals surface area contributed by atoms with Crippen LogP contribution in [0.5, 0.6) is 11.6 Å². The summed E-state index contributed by atoms with van der Waals surface area (Å²) in [5.41, 5.74) is 1.17. The predicted molar refractivity (Wildman–Crippen MR) is 123 cm³/mol. The molecule has 0 N–H and O–H groups in total. The van der Waals surface area contributed by atoms with Gasteiger partial charge in [0, 0.05) is 32.2 Å². The highest BCUT2D eigenvalue weighted by atomic mass is 32.2. The van der Waals surface area contributed by atoms with Gasteiger partial charge in [0.15, 0.2) is 5.82 Å². The number of nitrogens with zero attached hydrogens (tertiary/aromatic N) is 6. The molecule has 0 bridgehead atoms. The van der Waals surface area contributed by atoms with Gasteiger partial charge >= 0.3 is 0 Å². The van der Waals surface area contributed by atoms with E-state index < -0.39 is 10.0 Å². The first-order valence-corrected chi connectivity index (χ1v) is 12.2. The Balaban J connectivity index is 1.47. The summed E-state index contributed by atoms with van der Waals surface area (Å²) in [5, 5.41) is 12.4. The third-order valence-corrected chi connectivity index (χ3v) is 7.62. The van der Waals surface area contributed by atoms with Gasteiger partial charge in [0.2, 0.25) is 15.9 Å². The molecular weight excluding hydrogens is 460 g/mol. The van der Waals surface area contributed by atoms with E-state index in [1.165, 1.54) is 36.9 Å². The van der Waals surface area contributed by atoms with Gasteiger partial charge in [0.1, 0.15) is 5.75 Å². The highest BCUT2D eigenvalue weighted by molar-refractivity contribution is 7.89. The number of piperazine rings is 1. The third kappa shape index (κ3) is 4.46. The Morgan fingerprint density at radius 1 is 0.971 bits per heavy atom. The van der Waals surface area contributed by atoms with E-state index in [-0.39, 0.29) is 37.0 Å². The fraction of sp³-hybridized carbons (Fsp3) is 0.364. The van der Waals surface area contributed by atoms with Crippen molar-refractivity contribution in [2.24, 2.45) is 0 Å². The lowest BCUT2D eigenvalue weighted by atomic mass is 10.1. The zero-order chi connectivity index (χ0) is 24.3. The number of rotatable bonds is 7. The average Bonchev–Trinajstić information content (AvgIpc) is 3.32. The van der Waals surface area contributed by atoms with Crippen molar-refractivity contribution in [3.8, 4) is 17.4 Å². The van der Waals surface area contributed by atoms with Crippen LogP contribution in [0.1, 0.15) is 23.0 Å². The highest BCUT2D eigenvalue weighted by Gasteiger charge is 2.32. The van der Waals surface area contributed by atoms with Crippen molar-refractivity contribution in [3.63, 3.8) is 0 Å². The van der Waals surface area contributed by atoms with E-state index in [0.29, 0.717) is 35.1 Å². The molecule has 3 heterocycles. The summed E-state index contributed by atoms with van der Waals surface area (Å²) >= 11 is 0. The lowest BCUT2D eigenvalue weighted by Gasteiger charge is -2.34. The van der Waals surface area contributed by atoms with Gasteiger partial charge in [-0.2, -0.15) is 9.40 Å². The first-order chi connectivity index (χ1) is 16.4. The Bertz CT molecular complexity index is 1250.